The molecular formula is C16H17FN4O. The number of benzene rings is 1. The predicted molar refractivity (Wildman–Crippen MR) is 84.0 cm³/mol. The summed E-state index contributed by atoms with van der Waals surface area (Å²) >= 11 is 0. The Balaban J connectivity index is 2.03. The number of anilines is 2. The number of hydrogen-bond donors (Lipinski definition) is 1. The van der Waals surface area contributed by atoms with Crippen LogP contribution >= 0.6 is 0 Å². The van der Waals surface area contributed by atoms with Crippen molar-refractivity contribution < 1.29 is 9.13 Å². The lowest BCUT2D eigenvalue weighted by Gasteiger charge is -2.16. The van der Waals surface area contributed by atoms with Crippen molar-refractivity contribution in [2.45, 2.75) is 20.0 Å². The van der Waals surface area contributed by atoms with Gasteiger partial charge in [-0.15, -0.1) is 0 Å². The molecule has 6 heteroatoms. The summed E-state index contributed by atoms with van der Waals surface area (Å²) in [6.45, 7) is 3.80. The van der Waals surface area contributed by atoms with Crippen LogP contribution in [0.1, 0.15) is 13.8 Å². The van der Waals surface area contributed by atoms with Crippen molar-refractivity contribution >= 4 is 22.5 Å². The minimum absolute atomic E-state index is 0.0530. The smallest absolute Gasteiger partial charge is 0.158 e. The molecule has 5 nitrogen and oxygen atoms in total. The van der Waals surface area contributed by atoms with Gasteiger partial charge in [0.25, 0.3) is 0 Å². The molecule has 0 aliphatic heterocycles. The molecule has 2 aromatic heterocycles. The van der Waals surface area contributed by atoms with Crippen LogP contribution in [0.15, 0.2) is 36.8 Å². The Morgan fingerprint density at radius 2 is 2.05 bits per heavy atom. The van der Waals surface area contributed by atoms with Gasteiger partial charge in [-0.05, 0) is 32.0 Å². The fourth-order valence-corrected chi connectivity index (χ4v) is 2.29. The first-order valence-electron chi connectivity index (χ1n) is 7.04. The minimum Gasteiger partial charge on any atom is -0.489 e. The molecule has 0 amide bonds. The Morgan fingerprint density at radius 3 is 2.82 bits per heavy atom. The lowest BCUT2D eigenvalue weighted by atomic mass is 10.2. The summed E-state index contributed by atoms with van der Waals surface area (Å²) in [5.41, 5.74) is 2.38. The van der Waals surface area contributed by atoms with Gasteiger partial charge in [0.2, 0.25) is 0 Å². The van der Waals surface area contributed by atoms with E-state index in [9.17, 15) is 4.39 Å². The molecule has 0 aliphatic carbocycles. The zero-order valence-corrected chi connectivity index (χ0v) is 12.7. The molecule has 0 spiro atoms. The molecule has 1 aromatic carbocycles. The summed E-state index contributed by atoms with van der Waals surface area (Å²) in [6, 6.07) is 6.31. The quantitative estimate of drug-likeness (QED) is 0.799. The summed E-state index contributed by atoms with van der Waals surface area (Å²) in [4.78, 5) is 8.51. The number of rotatable bonds is 4. The molecule has 0 atom stereocenters. The molecule has 0 aliphatic rings. The third-order valence-electron chi connectivity index (χ3n) is 3.22. The van der Waals surface area contributed by atoms with Crippen LogP contribution in [0, 0.1) is 5.82 Å². The predicted octanol–water partition coefficient (Wildman–Crippen LogP) is 3.64. The number of nitrogens with zero attached hydrogens (tertiary/aromatic N) is 3. The van der Waals surface area contributed by atoms with Gasteiger partial charge >= 0.3 is 0 Å². The number of aromatic nitrogens is 3. The zero-order valence-electron chi connectivity index (χ0n) is 12.7. The molecule has 22 heavy (non-hydrogen) atoms. The average Bonchev–Trinajstić information content (AvgIpc) is 2.84. The highest BCUT2D eigenvalue weighted by atomic mass is 19.1. The van der Waals surface area contributed by atoms with Gasteiger partial charge in [-0.1, -0.05) is 0 Å². The van der Waals surface area contributed by atoms with E-state index < -0.39 is 0 Å². The molecule has 1 N–H and O–H groups in total. The maximum absolute atomic E-state index is 13.5. The summed E-state index contributed by atoms with van der Waals surface area (Å²) in [6.07, 6.45) is 3.36. The van der Waals surface area contributed by atoms with Crippen LogP contribution in [-0.4, -0.2) is 20.6 Å². The van der Waals surface area contributed by atoms with Crippen LogP contribution < -0.4 is 10.1 Å². The molecule has 0 radical (unpaired) electrons. The molecular weight excluding hydrogens is 283 g/mol. The molecule has 3 aromatic rings. The van der Waals surface area contributed by atoms with Gasteiger partial charge in [-0.2, -0.15) is 0 Å². The number of fused-ring (bicyclic) bond motifs is 1. The van der Waals surface area contributed by atoms with Crippen molar-refractivity contribution in [2.24, 2.45) is 7.05 Å². The van der Waals surface area contributed by atoms with Crippen molar-refractivity contribution in [1.82, 2.24) is 14.5 Å². The zero-order chi connectivity index (χ0) is 15.7. The number of aryl methyl sites for hydroxylation is 1. The van der Waals surface area contributed by atoms with Crippen LogP contribution in [0.5, 0.6) is 5.75 Å². The van der Waals surface area contributed by atoms with E-state index in [0.29, 0.717) is 17.3 Å². The normalized spacial score (nSPS) is 11.1. The van der Waals surface area contributed by atoms with Gasteiger partial charge in [0.05, 0.1) is 17.3 Å². The van der Waals surface area contributed by atoms with Crippen molar-refractivity contribution in [3.05, 3.63) is 42.6 Å². The third kappa shape index (κ3) is 2.72. The van der Waals surface area contributed by atoms with Gasteiger partial charge in [0.1, 0.15) is 23.4 Å². The van der Waals surface area contributed by atoms with Crippen molar-refractivity contribution in [3.8, 4) is 5.75 Å². The standard InChI is InChI=1S/C16H17FN4O/c1-10(2)22-14-8-11(17)4-5-12(14)20-16-15-13(18-9-19-16)6-7-21(15)3/h4-10H,1-3H3,(H,18,19,20). The van der Waals surface area contributed by atoms with Gasteiger partial charge < -0.3 is 14.6 Å². The Labute approximate surface area is 127 Å². The van der Waals surface area contributed by atoms with Gasteiger partial charge in [-0.3, -0.25) is 0 Å². The Hall–Kier alpha value is -2.63. The number of ether oxygens (including phenoxy) is 1. The van der Waals surface area contributed by atoms with E-state index in [1.54, 1.807) is 6.07 Å². The summed E-state index contributed by atoms with van der Waals surface area (Å²) in [5.74, 6) is 0.765. The first kappa shape index (κ1) is 14.3. The van der Waals surface area contributed by atoms with Crippen LogP contribution in [0.2, 0.25) is 0 Å². The topological polar surface area (TPSA) is 52.0 Å². The molecule has 0 bridgehead atoms. The van der Waals surface area contributed by atoms with Gasteiger partial charge in [0.15, 0.2) is 5.82 Å². The fourth-order valence-electron chi connectivity index (χ4n) is 2.29. The maximum atomic E-state index is 13.5. The van der Waals surface area contributed by atoms with E-state index >= 15 is 0 Å². The van der Waals surface area contributed by atoms with E-state index in [0.717, 1.165) is 11.0 Å². The second kappa shape index (κ2) is 5.63. The highest BCUT2D eigenvalue weighted by molar-refractivity contribution is 5.88. The first-order chi connectivity index (χ1) is 10.5. The molecule has 2 heterocycles. The van der Waals surface area contributed by atoms with Gasteiger partial charge in [0, 0.05) is 19.3 Å². The summed E-state index contributed by atoms with van der Waals surface area (Å²) in [5, 5.41) is 3.21. The van der Waals surface area contributed by atoms with E-state index in [4.69, 9.17) is 4.74 Å². The number of hydrogen-bond acceptors (Lipinski definition) is 4. The van der Waals surface area contributed by atoms with E-state index in [1.165, 1.54) is 18.5 Å². The molecule has 0 fully saturated rings. The maximum Gasteiger partial charge on any atom is 0.158 e. The molecule has 114 valence electrons. The van der Waals surface area contributed by atoms with Crippen molar-refractivity contribution in [2.75, 3.05) is 5.32 Å². The van der Waals surface area contributed by atoms with Gasteiger partial charge in [-0.25, -0.2) is 14.4 Å². The Morgan fingerprint density at radius 1 is 1.23 bits per heavy atom. The fraction of sp³-hybridized carbons (Fsp3) is 0.250. The van der Waals surface area contributed by atoms with Crippen LogP contribution in [0.3, 0.4) is 0 Å². The second-order valence-corrected chi connectivity index (χ2v) is 5.31. The molecule has 3 rings (SSSR count). The Bertz CT molecular complexity index is 813. The monoisotopic (exact) mass is 300 g/mol. The average molecular weight is 300 g/mol. The summed E-state index contributed by atoms with van der Waals surface area (Å²) in [7, 11) is 1.92. The highest BCUT2D eigenvalue weighted by Gasteiger charge is 2.12. The SMILES string of the molecule is CC(C)Oc1cc(F)ccc1Nc1ncnc2ccn(C)c12. The van der Waals surface area contributed by atoms with E-state index in [1.807, 2.05) is 37.7 Å². The lowest BCUT2D eigenvalue weighted by Crippen LogP contribution is -2.08. The highest BCUT2D eigenvalue weighted by Crippen LogP contribution is 2.31. The first-order valence-corrected chi connectivity index (χ1v) is 7.04. The van der Waals surface area contributed by atoms with Crippen molar-refractivity contribution in [1.29, 1.82) is 0 Å². The Kier molecular flexibility index (Phi) is 3.66. The number of halogens is 1. The summed E-state index contributed by atoms with van der Waals surface area (Å²) < 4.78 is 21.1. The van der Waals surface area contributed by atoms with E-state index in [2.05, 4.69) is 15.3 Å². The van der Waals surface area contributed by atoms with Crippen LogP contribution in [-0.2, 0) is 7.05 Å². The lowest BCUT2D eigenvalue weighted by molar-refractivity contribution is 0.243. The molecule has 0 saturated heterocycles. The number of nitrogens with one attached hydrogen (secondary N) is 1. The minimum atomic E-state index is -0.340. The largest absolute Gasteiger partial charge is 0.489 e. The van der Waals surface area contributed by atoms with E-state index in [-0.39, 0.29) is 11.9 Å². The van der Waals surface area contributed by atoms with Crippen LogP contribution in [0.25, 0.3) is 11.0 Å². The third-order valence-corrected chi connectivity index (χ3v) is 3.22. The van der Waals surface area contributed by atoms with Crippen LogP contribution in [0.4, 0.5) is 15.9 Å². The molecule has 0 unspecified atom stereocenters. The molecule has 0 saturated carbocycles. The second-order valence-electron chi connectivity index (χ2n) is 5.31. The van der Waals surface area contributed by atoms with Crippen molar-refractivity contribution in [3.63, 3.8) is 0 Å².